The van der Waals surface area contributed by atoms with Gasteiger partial charge in [-0.2, -0.15) is 0 Å². The van der Waals surface area contributed by atoms with Crippen LogP contribution in [0.2, 0.25) is 0 Å². The number of benzene rings is 2. The van der Waals surface area contributed by atoms with E-state index in [0.717, 1.165) is 29.9 Å². The van der Waals surface area contributed by atoms with Crippen LogP contribution >= 0.6 is 0 Å². The van der Waals surface area contributed by atoms with Gasteiger partial charge in [0.25, 0.3) is 0 Å². The molecular formula is C24H28N2O3. The lowest BCUT2D eigenvalue weighted by Gasteiger charge is -2.26. The summed E-state index contributed by atoms with van der Waals surface area (Å²) in [6, 6.07) is 21.8. The van der Waals surface area contributed by atoms with Gasteiger partial charge in [-0.15, -0.1) is 0 Å². The first-order valence-electron chi connectivity index (χ1n) is 9.93. The molecule has 5 heteroatoms. The van der Waals surface area contributed by atoms with E-state index >= 15 is 0 Å². The lowest BCUT2D eigenvalue weighted by atomic mass is 10.1. The zero-order valence-electron chi connectivity index (χ0n) is 16.8. The van der Waals surface area contributed by atoms with Gasteiger partial charge in [0.05, 0.1) is 25.5 Å². The molecule has 2 N–H and O–H groups in total. The molecule has 0 saturated carbocycles. The van der Waals surface area contributed by atoms with Gasteiger partial charge in [-0.25, -0.2) is 0 Å². The lowest BCUT2D eigenvalue weighted by Crippen LogP contribution is -2.43. The number of nitrogens with zero attached hydrogens (tertiary/aromatic N) is 1. The molecule has 0 aliphatic carbocycles. The molecule has 152 valence electrons. The molecule has 5 nitrogen and oxygen atoms in total. The summed E-state index contributed by atoms with van der Waals surface area (Å²) in [4.78, 5) is 13.7. The van der Waals surface area contributed by atoms with Gasteiger partial charge in [-0.3, -0.25) is 9.69 Å². The molecule has 0 aliphatic rings. The van der Waals surface area contributed by atoms with Crippen molar-refractivity contribution in [2.45, 2.75) is 32.4 Å². The van der Waals surface area contributed by atoms with Crippen LogP contribution in [0.25, 0.3) is 0 Å². The van der Waals surface area contributed by atoms with E-state index in [4.69, 9.17) is 14.9 Å². The third kappa shape index (κ3) is 6.50. The van der Waals surface area contributed by atoms with Crippen molar-refractivity contribution in [3.63, 3.8) is 0 Å². The Labute approximate surface area is 172 Å². The van der Waals surface area contributed by atoms with Crippen LogP contribution in [0.3, 0.4) is 0 Å². The maximum Gasteiger partial charge on any atom is 0.234 e. The standard InChI is InChI=1S/C24H28N2O3/c1-19(24(25)27)26(18-23-11-6-15-28-23)14-12-21-9-5-10-22(17-21)29-16-13-20-7-3-2-4-8-20/h2-11,15,17,19H,12-14,16,18H2,1H3,(H2,25,27). The van der Waals surface area contributed by atoms with Crippen LogP contribution in [0.4, 0.5) is 0 Å². The first kappa shape index (κ1) is 20.7. The van der Waals surface area contributed by atoms with Gasteiger partial charge in [0, 0.05) is 13.0 Å². The molecule has 1 aromatic heterocycles. The molecular weight excluding hydrogens is 364 g/mol. The van der Waals surface area contributed by atoms with Crippen LogP contribution in [0.1, 0.15) is 23.8 Å². The SMILES string of the molecule is CC(C(N)=O)N(CCc1cccc(OCCc2ccccc2)c1)Cc1ccco1. The lowest BCUT2D eigenvalue weighted by molar-refractivity contribution is -0.122. The van der Waals surface area contributed by atoms with Crippen LogP contribution < -0.4 is 10.5 Å². The molecule has 0 fully saturated rings. The third-order valence-electron chi connectivity index (χ3n) is 4.99. The highest BCUT2D eigenvalue weighted by Crippen LogP contribution is 2.16. The van der Waals surface area contributed by atoms with Gasteiger partial charge in [0.1, 0.15) is 11.5 Å². The number of carbonyl (C=O) groups excluding carboxylic acids is 1. The van der Waals surface area contributed by atoms with Crippen LogP contribution in [0, 0.1) is 0 Å². The molecule has 3 aromatic rings. The Kier molecular flexibility index (Phi) is 7.47. The van der Waals surface area contributed by atoms with Gasteiger partial charge >= 0.3 is 0 Å². The maximum absolute atomic E-state index is 11.7. The summed E-state index contributed by atoms with van der Waals surface area (Å²) >= 11 is 0. The summed E-state index contributed by atoms with van der Waals surface area (Å²) < 4.78 is 11.4. The predicted molar refractivity (Wildman–Crippen MR) is 114 cm³/mol. The van der Waals surface area contributed by atoms with Gasteiger partial charge in [0.2, 0.25) is 5.91 Å². The summed E-state index contributed by atoms with van der Waals surface area (Å²) in [5.41, 5.74) is 7.95. The van der Waals surface area contributed by atoms with Crippen LogP contribution in [-0.2, 0) is 24.2 Å². The fourth-order valence-corrected chi connectivity index (χ4v) is 3.19. The highest BCUT2D eigenvalue weighted by Gasteiger charge is 2.20. The molecule has 0 aliphatic heterocycles. The Balaban J connectivity index is 1.55. The Morgan fingerprint density at radius 1 is 1.03 bits per heavy atom. The van der Waals surface area contributed by atoms with Crippen molar-refractivity contribution in [3.8, 4) is 5.75 Å². The molecule has 2 aromatic carbocycles. The summed E-state index contributed by atoms with van der Waals surface area (Å²) in [6.07, 6.45) is 3.30. The second kappa shape index (κ2) is 10.5. The minimum atomic E-state index is -0.370. The summed E-state index contributed by atoms with van der Waals surface area (Å²) in [5, 5.41) is 0. The van der Waals surface area contributed by atoms with Crippen molar-refractivity contribution < 1.29 is 13.9 Å². The average molecular weight is 392 g/mol. The van der Waals surface area contributed by atoms with Gasteiger partial charge in [-0.05, 0) is 48.7 Å². The Hall–Kier alpha value is -3.05. The Morgan fingerprint density at radius 3 is 2.55 bits per heavy atom. The van der Waals surface area contributed by atoms with E-state index in [1.165, 1.54) is 5.56 Å². The number of hydrogen-bond donors (Lipinski definition) is 1. The minimum absolute atomic E-state index is 0.338. The molecule has 0 bridgehead atoms. The molecule has 1 atom stereocenters. The van der Waals surface area contributed by atoms with Gasteiger partial charge < -0.3 is 14.9 Å². The minimum Gasteiger partial charge on any atom is -0.493 e. The average Bonchev–Trinajstić information content (AvgIpc) is 3.25. The fourth-order valence-electron chi connectivity index (χ4n) is 3.19. The van der Waals surface area contributed by atoms with Crippen molar-refractivity contribution in [2.24, 2.45) is 5.73 Å². The summed E-state index contributed by atoms with van der Waals surface area (Å²) in [6.45, 7) is 3.70. The Morgan fingerprint density at radius 2 is 1.83 bits per heavy atom. The highest BCUT2D eigenvalue weighted by molar-refractivity contribution is 5.79. The smallest absolute Gasteiger partial charge is 0.234 e. The molecule has 1 heterocycles. The Bertz CT molecular complexity index is 878. The van der Waals surface area contributed by atoms with Gasteiger partial charge in [-0.1, -0.05) is 42.5 Å². The largest absolute Gasteiger partial charge is 0.493 e. The van der Waals surface area contributed by atoms with E-state index in [9.17, 15) is 4.79 Å². The summed E-state index contributed by atoms with van der Waals surface area (Å²) in [7, 11) is 0. The first-order valence-corrected chi connectivity index (χ1v) is 9.93. The molecule has 29 heavy (non-hydrogen) atoms. The van der Waals surface area contributed by atoms with E-state index < -0.39 is 0 Å². The van der Waals surface area contributed by atoms with Crippen molar-refractivity contribution in [1.29, 1.82) is 0 Å². The predicted octanol–water partition coefficient (Wildman–Crippen LogP) is 3.82. The van der Waals surface area contributed by atoms with Crippen molar-refractivity contribution in [3.05, 3.63) is 89.9 Å². The van der Waals surface area contributed by atoms with Crippen molar-refractivity contribution in [2.75, 3.05) is 13.2 Å². The van der Waals surface area contributed by atoms with E-state index in [1.807, 2.05) is 54.3 Å². The van der Waals surface area contributed by atoms with Crippen LogP contribution in [-0.4, -0.2) is 30.0 Å². The number of ether oxygens (including phenoxy) is 1. The second-order valence-corrected chi connectivity index (χ2v) is 7.11. The molecule has 1 unspecified atom stereocenters. The topological polar surface area (TPSA) is 68.7 Å². The molecule has 0 radical (unpaired) electrons. The van der Waals surface area contributed by atoms with Crippen molar-refractivity contribution in [1.82, 2.24) is 4.90 Å². The number of amides is 1. The molecule has 0 saturated heterocycles. The van der Waals surface area contributed by atoms with Gasteiger partial charge in [0.15, 0.2) is 0 Å². The molecule has 0 spiro atoms. The quantitative estimate of drug-likeness (QED) is 0.539. The van der Waals surface area contributed by atoms with E-state index in [2.05, 4.69) is 24.3 Å². The number of rotatable bonds is 11. The zero-order chi connectivity index (χ0) is 20.5. The normalized spacial score (nSPS) is 12.1. The number of hydrogen-bond acceptors (Lipinski definition) is 4. The van der Waals surface area contributed by atoms with Crippen molar-refractivity contribution >= 4 is 5.91 Å². The number of nitrogens with two attached hydrogens (primary N) is 1. The van der Waals surface area contributed by atoms with Crippen LogP contribution in [0.5, 0.6) is 5.75 Å². The first-order chi connectivity index (χ1) is 14.1. The zero-order valence-corrected chi connectivity index (χ0v) is 16.8. The molecule has 3 rings (SSSR count). The fraction of sp³-hybridized carbons (Fsp3) is 0.292. The summed E-state index contributed by atoms with van der Waals surface area (Å²) in [5.74, 6) is 1.34. The number of carbonyl (C=O) groups is 1. The monoisotopic (exact) mass is 392 g/mol. The van der Waals surface area contributed by atoms with E-state index in [0.29, 0.717) is 19.7 Å². The van der Waals surface area contributed by atoms with E-state index in [-0.39, 0.29) is 11.9 Å². The maximum atomic E-state index is 11.7. The second-order valence-electron chi connectivity index (χ2n) is 7.11. The van der Waals surface area contributed by atoms with Crippen LogP contribution in [0.15, 0.2) is 77.4 Å². The highest BCUT2D eigenvalue weighted by atomic mass is 16.5. The van der Waals surface area contributed by atoms with E-state index in [1.54, 1.807) is 6.26 Å². The third-order valence-corrected chi connectivity index (χ3v) is 4.99. The number of furan rings is 1. The molecule has 1 amide bonds. The number of primary amides is 1.